The van der Waals surface area contributed by atoms with Crippen molar-refractivity contribution in [2.45, 2.75) is 56.8 Å². The van der Waals surface area contributed by atoms with E-state index in [2.05, 4.69) is 70.5 Å². The highest BCUT2D eigenvalue weighted by Crippen LogP contribution is 2.47. The lowest BCUT2D eigenvalue weighted by molar-refractivity contribution is 0.182. The van der Waals surface area contributed by atoms with Crippen LogP contribution in [0.25, 0.3) is 0 Å². The van der Waals surface area contributed by atoms with E-state index in [-0.39, 0.29) is 6.61 Å². The lowest BCUT2D eigenvalue weighted by Gasteiger charge is -2.36. The van der Waals surface area contributed by atoms with Crippen LogP contribution in [0.3, 0.4) is 0 Å². The van der Waals surface area contributed by atoms with Gasteiger partial charge in [-0.25, -0.2) is 0 Å². The minimum atomic E-state index is 0.279. The van der Waals surface area contributed by atoms with Gasteiger partial charge in [-0.1, -0.05) is 48.5 Å². The van der Waals surface area contributed by atoms with Gasteiger partial charge >= 0.3 is 0 Å². The lowest BCUT2D eigenvalue weighted by atomic mass is 9.69. The molecule has 200 valence electrons. The van der Waals surface area contributed by atoms with Crippen LogP contribution in [0.1, 0.15) is 72.6 Å². The largest absolute Gasteiger partial charge is 0.508 e. The van der Waals surface area contributed by atoms with Crippen LogP contribution in [0.2, 0.25) is 0 Å². The fourth-order valence-electron chi connectivity index (χ4n) is 7.72. The number of β-amino-alcohol motifs (C(OH)–C–C–N with tert-alkyl or cyclic N) is 1. The molecule has 4 heteroatoms. The van der Waals surface area contributed by atoms with E-state index in [1.54, 1.807) is 0 Å². The van der Waals surface area contributed by atoms with Crippen molar-refractivity contribution in [3.05, 3.63) is 95.1 Å². The molecule has 3 aliphatic rings. The number of aliphatic hydroxyl groups is 1. The number of hydrogen-bond acceptors (Lipinski definition) is 4. The Kier molecular flexibility index (Phi) is 7.45. The van der Waals surface area contributed by atoms with E-state index in [4.69, 9.17) is 0 Å². The molecule has 0 aromatic heterocycles. The second-order valence-corrected chi connectivity index (χ2v) is 12.0. The number of rotatable bonds is 5. The number of phenols is 1. The number of aryl methyl sites for hydroxylation is 1. The summed E-state index contributed by atoms with van der Waals surface area (Å²) in [5.41, 5.74) is 7.24. The maximum absolute atomic E-state index is 10.1. The predicted octanol–water partition coefficient (Wildman–Crippen LogP) is 6.32. The number of phenolic OH excluding ortho intramolecular Hbond substituents is 1. The van der Waals surface area contributed by atoms with E-state index in [9.17, 15) is 10.2 Å². The number of anilines is 1. The van der Waals surface area contributed by atoms with Gasteiger partial charge in [-0.15, -0.1) is 0 Å². The van der Waals surface area contributed by atoms with Crippen molar-refractivity contribution in [3.63, 3.8) is 0 Å². The second kappa shape index (κ2) is 11.1. The van der Waals surface area contributed by atoms with Crippen molar-refractivity contribution in [3.8, 4) is 5.75 Å². The van der Waals surface area contributed by atoms with Gasteiger partial charge in [0.05, 0.1) is 6.61 Å². The topological polar surface area (TPSA) is 46.9 Å². The molecule has 0 saturated carbocycles. The maximum Gasteiger partial charge on any atom is 0.115 e. The smallest absolute Gasteiger partial charge is 0.115 e. The summed E-state index contributed by atoms with van der Waals surface area (Å²) in [5.74, 6) is 1.11. The fraction of sp³-hybridized carbons (Fsp3) is 0.471. The van der Waals surface area contributed by atoms with Gasteiger partial charge < -0.3 is 20.0 Å². The third kappa shape index (κ3) is 5.21. The summed E-state index contributed by atoms with van der Waals surface area (Å²) >= 11 is 0. The van der Waals surface area contributed by atoms with Gasteiger partial charge in [0.15, 0.2) is 0 Å². The SMILES string of the molecule is OCCN1CCC2(CCCN(c3ccc([C@H]4c5ccc(O)cc5CCC4c4ccccc4)cc3)CCC2)C1. The fourth-order valence-corrected chi connectivity index (χ4v) is 7.72. The van der Waals surface area contributed by atoms with Gasteiger partial charge in [0.25, 0.3) is 0 Å². The van der Waals surface area contributed by atoms with Gasteiger partial charge in [0.2, 0.25) is 0 Å². The molecule has 0 bridgehead atoms. The number of aromatic hydroxyl groups is 1. The summed E-state index contributed by atoms with van der Waals surface area (Å²) in [5, 5.41) is 19.5. The van der Waals surface area contributed by atoms with Crippen molar-refractivity contribution in [1.82, 2.24) is 4.90 Å². The van der Waals surface area contributed by atoms with Crippen LogP contribution in [0.5, 0.6) is 5.75 Å². The highest BCUT2D eigenvalue weighted by atomic mass is 16.3. The van der Waals surface area contributed by atoms with E-state index in [1.807, 2.05) is 12.1 Å². The minimum absolute atomic E-state index is 0.279. The first-order chi connectivity index (χ1) is 18.6. The summed E-state index contributed by atoms with van der Waals surface area (Å²) in [6, 6.07) is 26.4. The Balaban J connectivity index is 1.20. The van der Waals surface area contributed by atoms with Crippen molar-refractivity contribution in [2.24, 2.45) is 5.41 Å². The van der Waals surface area contributed by atoms with Crippen LogP contribution in [0.4, 0.5) is 5.69 Å². The summed E-state index contributed by atoms with van der Waals surface area (Å²) < 4.78 is 0. The average Bonchev–Trinajstić information content (AvgIpc) is 3.34. The zero-order valence-electron chi connectivity index (χ0n) is 22.6. The summed E-state index contributed by atoms with van der Waals surface area (Å²) in [6.45, 7) is 5.68. The number of benzene rings is 3. The quantitative estimate of drug-likeness (QED) is 0.422. The summed E-state index contributed by atoms with van der Waals surface area (Å²) in [7, 11) is 0. The van der Waals surface area contributed by atoms with Crippen LogP contribution >= 0.6 is 0 Å². The first-order valence-corrected chi connectivity index (χ1v) is 14.7. The van der Waals surface area contributed by atoms with Gasteiger partial charge in [-0.05, 0) is 109 Å². The van der Waals surface area contributed by atoms with Crippen LogP contribution in [0, 0.1) is 5.41 Å². The normalized spacial score (nSPS) is 23.7. The van der Waals surface area contributed by atoms with Crippen molar-refractivity contribution >= 4 is 5.69 Å². The van der Waals surface area contributed by atoms with Gasteiger partial charge in [0.1, 0.15) is 5.75 Å². The molecule has 2 atom stereocenters. The van der Waals surface area contributed by atoms with Gasteiger partial charge in [-0.3, -0.25) is 0 Å². The number of hydrogen-bond donors (Lipinski definition) is 2. The van der Waals surface area contributed by atoms with Crippen molar-refractivity contribution < 1.29 is 10.2 Å². The van der Waals surface area contributed by atoms with Crippen LogP contribution in [-0.4, -0.2) is 54.4 Å². The molecule has 2 fully saturated rings. The average molecular weight is 511 g/mol. The first-order valence-electron chi connectivity index (χ1n) is 14.7. The van der Waals surface area contributed by atoms with Gasteiger partial charge in [-0.2, -0.15) is 0 Å². The third-order valence-corrected chi connectivity index (χ3v) is 9.64. The predicted molar refractivity (Wildman–Crippen MR) is 155 cm³/mol. The van der Waals surface area contributed by atoms with Crippen LogP contribution < -0.4 is 4.90 Å². The Morgan fingerprint density at radius 1 is 0.816 bits per heavy atom. The highest BCUT2D eigenvalue weighted by Gasteiger charge is 2.38. The molecule has 0 amide bonds. The molecular weight excluding hydrogens is 468 g/mol. The Bertz CT molecular complexity index is 1200. The van der Waals surface area contributed by atoms with Crippen LogP contribution in [-0.2, 0) is 6.42 Å². The molecule has 3 aromatic carbocycles. The molecule has 1 spiro atoms. The number of aliphatic hydroxyl groups excluding tert-OH is 1. The van der Waals surface area contributed by atoms with E-state index in [0.29, 0.717) is 23.0 Å². The molecule has 1 unspecified atom stereocenters. The molecule has 2 N–H and O–H groups in total. The highest BCUT2D eigenvalue weighted by molar-refractivity contribution is 5.52. The molecule has 2 heterocycles. The molecular formula is C34H42N2O2. The molecule has 2 saturated heterocycles. The Hall–Kier alpha value is -2.82. The van der Waals surface area contributed by atoms with Crippen molar-refractivity contribution in [2.75, 3.05) is 44.2 Å². The number of likely N-dealkylation sites (tertiary alicyclic amines) is 1. The van der Waals surface area contributed by atoms with Gasteiger partial charge in [0, 0.05) is 37.8 Å². The summed E-state index contributed by atoms with van der Waals surface area (Å²) in [6.07, 6.45) is 8.48. The van der Waals surface area contributed by atoms with E-state index in [0.717, 1.165) is 39.0 Å². The Labute approximate surface area is 227 Å². The zero-order valence-corrected chi connectivity index (χ0v) is 22.6. The Morgan fingerprint density at radius 3 is 2.32 bits per heavy atom. The Morgan fingerprint density at radius 2 is 1.58 bits per heavy atom. The van der Waals surface area contributed by atoms with E-state index < -0.39 is 0 Å². The lowest BCUT2D eigenvalue weighted by Crippen LogP contribution is -2.35. The molecule has 6 rings (SSSR count). The molecule has 2 aliphatic heterocycles. The molecule has 3 aromatic rings. The third-order valence-electron chi connectivity index (χ3n) is 9.64. The standard InChI is InChI=1S/C34H42N2O2/c37-23-22-35-21-18-34(25-35)16-4-19-36(20-5-17-34)29-11-8-27(9-12-29)33-31(26-6-2-1-3-7-26)14-10-28-24-30(38)13-15-32(28)33/h1-3,6-9,11-13,15,24,31,33,37-38H,4-5,10,14,16-23,25H2/t31?,33-/m1/s1. The first kappa shape index (κ1) is 25.5. The molecule has 0 radical (unpaired) electrons. The number of nitrogens with zero attached hydrogens (tertiary/aromatic N) is 2. The zero-order chi connectivity index (χ0) is 26.0. The second-order valence-electron chi connectivity index (χ2n) is 12.0. The monoisotopic (exact) mass is 510 g/mol. The maximum atomic E-state index is 10.1. The molecule has 4 nitrogen and oxygen atoms in total. The molecule has 1 aliphatic carbocycles. The van der Waals surface area contributed by atoms with E-state index in [1.165, 1.54) is 66.6 Å². The van der Waals surface area contributed by atoms with Crippen LogP contribution in [0.15, 0.2) is 72.8 Å². The van der Waals surface area contributed by atoms with E-state index >= 15 is 0 Å². The molecule has 38 heavy (non-hydrogen) atoms. The van der Waals surface area contributed by atoms with Crippen molar-refractivity contribution in [1.29, 1.82) is 0 Å². The number of fused-ring (bicyclic) bond motifs is 1. The summed E-state index contributed by atoms with van der Waals surface area (Å²) in [4.78, 5) is 5.06. The minimum Gasteiger partial charge on any atom is -0.508 e.